The predicted octanol–water partition coefficient (Wildman–Crippen LogP) is 4.15. The van der Waals surface area contributed by atoms with E-state index in [1.54, 1.807) is 41.7 Å². The molecule has 0 saturated carbocycles. The highest BCUT2D eigenvalue weighted by molar-refractivity contribution is 7.16. The summed E-state index contributed by atoms with van der Waals surface area (Å²) in [6, 6.07) is 9.88. The average molecular weight is 424 g/mol. The number of carbonyl (C=O) groups excluding carboxylic acids is 1. The molecular formula is C21H20N4O4S. The Morgan fingerprint density at radius 3 is 2.90 bits per heavy atom. The molecule has 0 saturated heterocycles. The van der Waals surface area contributed by atoms with E-state index in [9.17, 15) is 14.9 Å². The van der Waals surface area contributed by atoms with E-state index in [2.05, 4.69) is 22.5 Å². The summed E-state index contributed by atoms with van der Waals surface area (Å²) in [4.78, 5) is 27.4. The van der Waals surface area contributed by atoms with Crippen LogP contribution in [0.15, 0.2) is 40.8 Å². The monoisotopic (exact) mass is 424 g/mol. The third-order valence-corrected chi connectivity index (χ3v) is 6.79. The molecule has 2 aromatic heterocycles. The summed E-state index contributed by atoms with van der Waals surface area (Å²) in [5, 5.41) is 18.5. The van der Waals surface area contributed by atoms with Gasteiger partial charge in [0.2, 0.25) is 0 Å². The van der Waals surface area contributed by atoms with E-state index >= 15 is 0 Å². The standard InChI is InChI=1S/C21H20N4O4S/c1-2-24-10-9-13-17(11-24)30-21-18(13)20(26)22-19(23-21)16-8-7-15(29-16)12-5-3-4-6-14(12)25(27)28/h3-8,19,23H,2,9-11H2,1H3,(H,22,26)/t19-/m0/s1. The number of carbonyl (C=O) groups is 1. The normalized spacial score (nSPS) is 18.3. The van der Waals surface area contributed by atoms with Gasteiger partial charge in [-0.15, -0.1) is 11.3 Å². The van der Waals surface area contributed by atoms with Crippen molar-refractivity contribution in [3.63, 3.8) is 0 Å². The number of furan rings is 1. The van der Waals surface area contributed by atoms with E-state index in [1.165, 1.54) is 10.9 Å². The molecule has 0 aliphatic carbocycles. The third kappa shape index (κ3) is 3.06. The second-order valence-corrected chi connectivity index (χ2v) is 8.46. The maximum absolute atomic E-state index is 12.9. The number of hydrogen-bond donors (Lipinski definition) is 2. The van der Waals surface area contributed by atoms with Gasteiger partial charge in [0.1, 0.15) is 16.5 Å². The van der Waals surface area contributed by atoms with Crippen LogP contribution in [-0.2, 0) is 13.0 Å². The van der Waals surface area contributed by atoms with Crippen LogP contribution in [0.2, 0.25) is 0 Å². The molecule has 2 N–H and O–H groups in total. The molecule has 2 aliphatic rings. The molecule has 154 valence electrons. The molecule has 0 bridgehead atoms. The van der Waals surface area contributed by atoms with Crippen LogP contribution in [0.1, 0.15) is 39.6 Å². The Morgan fingerprint density at radius 1 is 1.27 bits per heavy atom. The molecule has 2 aliphatic heterocycles. The van der Waals surface area contributed by atoms with Crippen LogP contribution in [0.5, 0.6) is 0 Å². The molecule has 5 rings (SSSR count). The fraction of sp³-hybridized carbons (Fsp3) is 0.286. The van der Waals surface area contributed by atoms with Gasteiger partial charge in [0.15, 0.2) is 6.17 Å². The second kappa shape index (κ2) is 7.26. The van der Waals surface area contributed by atoms with Crippen molar-refractivity contribution in [2.45, 2.75) is 26.1 Å². The molecule has 3 aromatic rings. The number of para-hydroxylation sites is 1. The topological polar surface area (TPSA) is 101 Å². The largest absolute Gasteiger partial charge is 0.457 e. The van der Waals surface area contributed by atoms with Gasteiger partial charge < -0.3 is 15.1 Å². The van der Waals surface area contributed by atoms with Crippen molar-refractivity contribution < 1.29 is 14.1 Å². The summed E-state index contributed by atoms with van der Waals surface area (Å²) < 4.78 is 5.91. The molecule has 0 fully saturated rings. The fourth-order valence-corrected chi connectivity index (χ4v) is 5.39. The average Bonchev–Trinajstić information content (AvgIpc) is 3.38. The maximum atomic E-state index is 12.9. The van der Waals surface area contributed by atoms with Crippen LogP contribution in [0.4, 0.5) is 10.7 Å². The highest BCUT2D eigenvalue weighted by Gasteiger charge is 2.34. The molecule has 9 heteroatoms. The zero-order chi connectivity index (χ0) is 20.8. The maximum Gasteiger partial charge on any atom is 0.280 e. The number of nitro groups is 1. The number of nitrogens with one attached hydrogen (secondary N) is 2. The SMILES string of the molecule is CCN1CCc2c(sc3c2C(=O)N[C@H](c2ccc(-c4ccccc4[N+](=O)[O-])o2)N3)C1. The Hall–Kier alpha value is -3.17. The highest BCUT2D eigenvalue weighted by atomic mass is 32.1. The van der Waals surface area contributed by atoms with Crippen LogP contribution >= 0.6 is 11.3 Å². The zero-order valence-electron chi connectivity index (χ0n) is 16.3. The number of benzene rings is 1. The van der Waals surface area contributed by atoms with Crippen molar-refractivity contribution in [2.75, 3.05) is 18.4 Å². The van der Waals surface area contributed by atoms with Gasteiger partial charge in [0.05, 0.1) is 16.1 Å². The summed E-state index contributed by atoms with van der Waals surface area (Å²) in [6.07, 6.45) is 0.348. The lowest BCUT2D eigenvalue weighted by molar-refractivity contribution is -0.384. The van der Waals surface area contributed by atoms with E-state index in [4.69, 9.17) is 4.42 Å². The third-order valence-electron chi connectivity index (χ3n) is 5.64. The molecule has 0 radical (unpaired) electrons. The first-order chi connectivity index (χ1) is 14.5. The van der Waals surface area contributed by atoms with Gasteiger partial charge >= 0.3 is 0 Å². The number of thiophene rings is 1. The minimum Gasteiger partial charge on any atom is -0.457 e. The number of rotatable bonds is 4. The van der Waals surface area contributed by atoms with Gasteiger partial charge in [-0.05, 0) is 36.7 Å². The lowest BCUT2D eigenvalue weighted by Gasteiger charge is -2.27. The van der Waals surface area contributed by atoms with Gasteiger partial charge in [-0.2, -0.15) is 0 Å². The summed E-state index contributed by atoms with van der Waals surface area (Å²) in [5.74, 6) is 0.784. The van der Waals surface area contributed by atoms with E-state index in [0.29, 0.717) is 17.1 Å². The van der Waals surface area contributed by atoms with Crippen LogP contribution in [0.25, 0.3) is 11.3 Å². The number of likely N-dealkylation sites (N-methyl/N-ethyl adjacent to an activating group) is 1. The predicted molar refractivity (Wildman–Crippen MR) is 114 cm³/mol. The molecule has 1 aromatic carbocycles. The van der Waals surface area contributed by atoms with E-state index in [-0.39, 0.29) is 11.6 Å². The summed E-state index contributed by atoms with van der Waals surface area (Å²) in [7, 11) is 0. The van der Waals surface area contributed by atoms with Crippen LogP contribution in [0, 0.1) is 10.1 Å². The van der Waals surface area contributed by atoms with Crippen LogP contribution in [0.3, 0.4) is 0 Å². The van der Waals surface area contributed by atoms with Gasteiger partial charge in [0.25, 0.3) is 11.6 Å². The van der Waals surface area contributed by atoms with Crippen molar-refractivity contribution in [1.82, 2.24) is 10.2 Å². The van der Waals surface area contributed by atoms with Crippen molar-refractivity contribution in [1.29, 1.82) is 0 Å². The number of anilines is 1. The fourth-order valence-electron chi connectivity index (χ4n) is 4.07. The Kier molecular flexibility index (Phi) is 4.56. The van der Waals surface area contributed by atoms with Crippen LogP contribution in [-0.4, -0.2) is 28.8 Å². The number of nitro benzene ring substituents is 1. The van der Waals surface area contributed by atoms with Gasteiger partial charge in [0, 0.05) is 24.0 Å². The number of hydrogen-bond acceptors (Lipinski definition) is 7. The second-order valence-electron chi connectivity index (χ2n) is 7.35. The molecule has 1 atom stereocenters. The minimum absolute atomic E-state index is 0.0206. The van der Waals surface area contributed by atoms with Crippen molar-refractivity contribution in [3.05, 3.63) is 68.3 Å². The van der Waals surface area contributed by atoms with Gasteiger partial charge in [-0.3, -0.25) is 19.8 Å². The number of fused-ring (bicyclic) bond motifs is 3. The molecule has 8 nitrogen and oxygen atoms in total. The van der Waals surface area contributed by atoms with Gasteiger partial charge in [-0.25, -0.2) is 0 Å². The minimum atomic E-state index is -0.524. The number of amides is 1. The zero-order valence-corrected chi connectivity index (χ0v) is 17.1. The summed E-state index contributed by atoms with van der Waals surface area (Å²) in [6.45, 7) is 4.96. The smallest absolute Gasteiger partial charge is 0.280 e. The van der Waals surface area contributed by atoms with E-state index in [1.807, 2.05) is 0 Å². The Labute approximate surface area is 176 Å². The van der Waals surface area contributed by atoms with Gasteiger partial charge in [-0.1, -0.05) is 19.1 Å². The van der Waals surface area contributed by atoms with Crippen molar-refractivity contribution in [2.24, 2.45) is 0 Å². The summed E-state index contributed by atoms with van der Waals surface area (Å²) >= 11 is 1.62. The highest BCUT2D eigenvalue weighted by Crippen LogP contribution is 2.41. The lowest BCUT2D eigenvalue weighted by atomic mass is 10.0. The lowest BCUT2D eigenvalue weighted by Crippen LogP contribution is -2.38. The summed E-state index contributed by atoms with van der Waals surface area (Å²) in [5.41, 5.74) is 2.27. The first-order valence-electron chi connectivity index (χ1n) is 9.83. The Morgan fingerprint density at radius 2 is 2.10 bits per heavy atom. The Bertz CT molecular complexity index is 1150. The molecule has 0 unspecified atom stereocenters. The van der Waals surface area contributed by atoms with Crippen LogP contribution < -0.4 is 10.6 Å². The van der Waals surface area contributed by atoms with E-state index < -0.39 is 11.1 Å². The van der Waals surface area contributed by atoms with Crippen molar-refractivity contribution >= 4 is 27.9 Å². The molecule has 4 heterocycles. The molecular weight excluding hydrogens is 404 g/mol. The molecule has 0 spiro atoms. The molecule has 1 amide bonds. The molecule has 30 heavy (non-hydrogen) atoms. The Balaban J connectivity index is 1.44. The first-order valence-corrected chi connectivity index (χ1v) is 10.6. The quantitative estimate of drug-likeness (QED) is 0.482. The van der Waals surface area contributed by atoms with Crippen molar-refractivity contribution in [3.8, 4) is 11.3 Å². The van der Waals surface area contributed by atoms with E-state index in [0.717, 1.165) is 42.2 Å². The number of nitrogens with zero attached hydrogens (tertiary/aromatic N) is 2. The first kappa shape index (κ1) is 18.8.